The van der Waals surface area contributed by atoms with Crippen LogP contribution in [0.4, 0.5) is 4.79 Å². The molecule has 1 fully saturated rings. The van der Waals surface area contributed by atoms with Gasteiger partial charge in [-0.15, -0.1) is 0 Å². The summed E-state index contributed by atoms with van der Waals surface area (Å²) in [5, 5.41) is 2.69. The molecule has 0 saturated carbocycles. The topological polar surface area (TPSA) is 66.5 Å². The molecule has 3 rings (SSSR count). The molecule has 0 radical (unpaired) electrons. The molecule has 1 heterocycles. The SMILES string of the molecule is O=C(Cc1ccc(CN2C(=O)CSC2=O)cc1)NCc1ccccc1. The maximum atomic E-state index is 12.0. The molecule has 1 aliphatic heterocycles. The van der Waals surface area contributed by atoms with E-state index in [1.165, 1.54) is 4.90 Å². The van der Waals surface area contributed by atoms with Gasteiger partial charge in [0.2, 0.25) is 11.8 Å². The Morgan fingerprint density at radius 2 is 1.64 bits per heavy atom. The van der Waals surface area contributed by atoms with Crippen molar-refractivity contribution in [2.75, 3.05) is 5.75 Å². The van der Waals surface area contributed by atoms with Crippen molar-refractivity contribution in [3.05, 3.63) is 71.3 Å². The van der Waals surface area contributed by atoms with Crippen LogP contribution in [0.3, 0.4) is 0 Å². The van der Waals surface area contributed by atoms with Gasteiger partial charge < -0.3 is 5.32 Å². The Hall–Kier alpha value is -2.60. The van der Waals surface area contributed by atoms with Crippen molar-refractivity contribution >= 4 is 28.8 Å². The van der Waals surface area contributed by atoms with Crippen LogP contribution in [-0.4, -0.2) is 27.7 Å². The van der Waals surface area contributed by atoms with Crippen LogP contribution in [0, 0.1) is 0 Å². The number of amides is 3. The van der Waals surface area contributed by atoms with Gasteiger partial charge in [-0.3, -0.25) is 19.3 Å². The summed E-state index contributed by atoms with van der Waals surface area (Å²) in [4.78, 5) is 36.5. The lowest BCUT2D eigenvalue weighted by Gasteiger charge is -2.13. The van der Waals surface area contributed by atoms with Gasteiger partial charge in [0, 0.05) is 6.54 Å². The first kappa shape index (κ1) is 17.2. The van der Waals surface area contributed by atoms with E-state index in [-0.39, 0.29) is 29.4 Å². The van der Waals surface area contributed by atoms with Crippen molar-refractivity contribution in [2.45, 2.75) is 19.5 Å². The first-order valence-electron chi connectivity index (χ1n) is 7.97. The fourth-order valence-corrected chi connectivity index (χ4v) is 3.25. The predicted octanol–water partition coefficient (Wildman–Crippen LogP) is 2.74. The third-order valence-corrected chi connectivity index (χ3v) is 4.76. The number of imide groups is 1. The Morgan fingerprint density at radius 1 is 0.960 bits per heavy atom. The Balaban J connectivity index is 1.51. The smallest absolute Gasteiger partial charge is 0.289 e. The van der Waals surface area contributed by atoms with Gasteiger partial charge in [0.05, 0.1) is 18.7 Å². The number of nitrogens with zero attached hydrogens (tertiary/aromatic N) is 1. The number of nitrogens with one attached hydrogen (secondary N) is 1. The van der Waals surface area contributed by atoms with Crippen molar-refractivity contribution < 1.29 is 14.4 Å². The Bertz CT molecular complexity index is 759. The van der Waals surface area contributed by atoms with Crippen LogP contribution in [0.15, 0.2) is 54.6 Å². The van der Waals surface area contributed by atoms with Crippen molar-refractivity contribution in [1.82, 2.24) is 10.2 Å². The minimum absolute atomic E-state index is 0.0436. The van der Waals surface area contributed by atoms with Crippen LogP contribution in [0.1, 0.15) is 16.7 Å². The van der Waals surface area contributed by atoms with E-state index in [1.807, 2.05) is 54.6 Å². The molecule has 0 aromatic heterocycles. The molecule has 25 heavy (non-hydrogen) atoms. The number of carbonyl (C=O) groups excluding carboxylic acids is 3. The van der Waals surface area contributed by atoms with Gasteiger partial charge in [0.15, 0.2) is 0 Å². The lowest BCUT2D eigenvalue weighted by molar-refractivity contribution is -0.125. The van der Waals surface area contributed by atoms with Gasteiger partial charge in [0.25, 0.3) is 5.24 Å². The lowest BCUT2D eigenvalue weighted by Crippen LogP contribution is -2.27. The van der Waals surface area contributed by atoms with Crippen molar-refractivity contribution in [3.8, 4) is 0 Å². The summed E-state index contributed by atoms with van der Waals surface area (Å²) in [5.74, 6) is 0.0238. The highest BCUT2D eigenvalue weighted by atomic mass is 32.2. The van der Waals surface area contributed by atoms with Crippen LogP contribution < -0.4 is 5.32 Å². The molecule has 5 nitrogen and oxygen atoms in total. The highest BCUT2D eigenvalue weighted by Gasteiger charge is 2.29. The number of rotatable bonds is 6. The second kappa shape index (κ2) is 7.98. The van der Waals surface area contributed by atoms with E-state index in [9.17, 15) is 14.4 Å². The van der Waals surface area contributed by atoms with Gasteiger partial charge in [-0.2, -0.15) is 0 Å². The van der Waals surface area contributed by atoms with Crippen LogP contribution in [-0.2, 0) is 29.1 Å². The molecule has 2 aromatic rings. The van der Waals surface area contributed by atoms with E-state index in [0.29, 0.717) is 13.0 Å². The lowest BCUT2D eigenvalue weighted by atomic mass is 10.1. The third kappa shape index (κ3) is 4.70. The van der Waals surface area contributed by atoms with E-state index >= 15 is 0 Å². The highest BCUT2D eigenvalue weighted by molar-refractivity contribution is 8.14. The van der Waals surface area contributed by atoms with E-state index in [4.69, 9.17) is 0 Å². The number of hydrogen-bond donors (Lipinski definition) is 1. The molecule has 0 aliphatic carbocycles. The van der Waals surface area contributed by atoms with E-state index in [2.05, 4.69) is 5.32 Å². The Kier molecular flexibility index (Phi) is 5.50. The second-order valence-electron chi connectivity index (χ2n) is 5.79. The number of hydrogen-bond acceptors (Lipinski definition) is 4. The maximum Gasteiger partial charge on any atom is 0.289 e. The normalized spacial score (nSPS) is 14.0. The van der Waals surface area contributed by atoms with Gasteiger partial charge in [-0.25, -0.2) is 0 Å². The summed E-state index contributed by atoms with van der Waals surface area (Å²) >= 11 is 1.03. The average Bonchev–Trinajstić information content (AvgIpc) is 2.94. The molecule has 0 atom stereocenters. The summed E-state index contributed by atoms with van der Waals surface area (Å²) in [6.45, 7) is 0.791. The quantitative estimate of drug-likeness (QED) is 0.866. The number of carbonyl (C=O) groups is 3. The summed E-state index contributed by atoms with van der Waals surface area (Å²) in [6, 6.07) is 17.2. The van der Waals surface area contributed by atoms with Crippen LogP contribution in [0.5, 0.6) is 0 Å². The van der Waals surface area contributed by atoms with Gasteiger partial charge >= 0.3 is 0 Å². The maximum absolute atomic E-state index is 12.0. The molecular weight excluding hydrogens is 336 g/mol. The van der Waals surface area contributed by atoms with E-state index in [1.54, 1.807) is 0 Å². The predicted molar refractivity (Wildman–Crippen MR) is 96.8 cm³/mol. The van der Waals surface area contributed by atoms with Crippen molar-refractivity contribution in [3.63, 3.8) is 0 Å². The number of thioether (sulfide) groups is 1. The summed E-state index contributed by atoms with van der Waals surface area (Å²) in [6.07, 6.45) is 0.296. The van der Waals surface area contributed by atoms with Crippen LogP contribution in [0.25, 0.3) is 0 Å². The van der Waals surface area contributed by atoms with Crippen LogP contribution >= 0.6 is 11.8 Å². The molecule has 3 amide bonds. The fraction of sp³-hybridized carbons (Fsp3) is 0.211. The zero-order chi connectivity index (χ0) is 17.6. The Labute approximate surface area is 150 Å². The van der Waals surface area contributed by atoms with E-state index < -0.39 is 0 Å². The molecule has 1 saturated heterocycles. The highest BCUT2D eigenvalue weighted by Crippen LogP contribution is 2.21. The standard InChI is InChI=1S/C19H18N2O3S/c22-17(20-11-15-4-2-1-3-5-15)10-14-6-8-16(9-7-14)12-21-18(23)13-25-19(21)24/h1-9H,10-13H2,(H,20,22). The monoisotopic (exact) mass is 354 g/mol. The van der Waals surface area contributed by atoms with Crippen LogP contribution in [0.2, 0.25) is 0 Å². The summed E-state index contributed by atoms with van der Waals surface area (Å²) in [5.41, 5.74) is 2.82. The first-order valence-corrected chi connectivity index (χ1v) is 8.96. The average molecular weight is 354 g/mol. The molecule has 2 aromatic carbocycles. The largest absolute Gasteiger partial charge is 0.352 e. The van der Waals surface area contributed by atoms with Crippen molar-refractivity contribution in [2.24, 2.45) is 0 Å². The van der Waals surface area contributed by atoms with E-state index in [0.717, 1.165) is 28.5 Å². The molecule has 6 heteroatoms. The third-order valence-electron chi connectivity index (χ3n) is 3.90. The van der Waals surface area contributed by atoms with Gasteiger partial charge in [-0.1, -0.05) is 66.4 Å². The molecule has 0 spiro atoms. The fourth-order valence-electron chi connectivity index (χ4n) is 2.52. The van der Waals surface area contributed by atoms with Gasteiger partial charge in [-0.05, 0) is 16.7 Å². The molecule has 1 aliphatic rings. The zero-order valence-electron chi connectivity index (χ0n) is 13.6. The Morgan fingerprint density at radius 3 is 2.28 bits per heavy atom. The molecule has 128 valence electrons. The summed E-state index contributed by atoms with van der Waals surface area (Å²) < 4.78 is 0. The molecule has 0 bridgehead atoms. The molecular formula is C19H18N2O3S. The summed E-state index contributed by atoms with van der Waals surface area (Å²) in [7, 11) is 0. The number of benzene rings is 2. The van der Waals surface area contributed by atoms with Crippen molar-refractivity contribution in [1.29, 1.82) is 0 Å². The zero-order valence-corrected chi connectivity index (χ0v) is 14.4. The molecule has 1 N–H and O–H groups in total. The van der Waals surface area contributed by atoms with Gasteiger partial charge in [0.1, 0.15) is 0 Å². The minimum Gasteiger partial charge on any atom is -0.352 e. The minimum atomic E-state index is -0.200. The first-order chi connectivity index (χ1) is 12.1. The molecule has 0 unspecified atom stereocenters. The second-order valence-corrected chi connectivity index (χ2v) is 6.72.